The van der Waals surface area contributed by atoms with Gasteiger partial charge in [0.05, 0.1) is 12.3 Å². The van der Waals surface area contributed by atoms with Crippen LogP contribution in [0.3, 0.4) is 0 Å². The van der Waals surface area contributed by atoms with Gasteiger partial charge in [0.15, 0.2) is 0 Å². The molecule has 0 bridgehead atoms. The standard InChI is InChI=1S/C9H18N2O3S/c1-8(2)10-9(12)7-11-5-3-4-6-15(11,13)14/h8H,3-7H2,1-2H3,(H,10,12). The van der Waals surface area contributed by atoms with Crippen LogP contribution in [0.25, 0.3) is 0 Å². The molecule has 1 amide bonds. The largest absolute Gasteiger partial charge is 0.353 e. The molecule has 1 saturated heterocycles. The highest BCUT2D eigenvalue weighted by atomic mass is 32.2. The molecule has 0 aromatic heterocycles. The zero-order chi connectivity index (χ0) is 11.5. The van der Waals surface area contributed by atoms with E-state index in [1.165, 1.54) is 4.31 Å². The quantitative estimate of drug-likeness (QED) is 0.743. The number of sulfonamides is 1. The Morgan fingerprint density at radius 1 is 1.40 bits per heavy atom. The van der Waals surface area contributed by atoms with Gasteiger partial charge in [-0.15, -0.1) is 0 Å². The van der Waals surface area contributed by atoms with Crippen LogP contribution in [-0.4, -0.2) is 43.5 Å². The van der Waals surface area contributed by atoms with Crippen LogP contribution in [0.5, 0.6) is 0 Å². The van der Waals surface area contributed by atoms with Crippen molar-refractivity contribution in [2.45, 2.75) is 32.7 Å². The van der Waals surface area contributed by atoms with Crippen molar-refractivity contribution >= 4 is 15.9 Å². The fraction of sp³-hybridized carbons (Fsp3) is 0.889. The third-order valence-corrected chi connectivity index (χ3v) is 4.13. The molecule has 88 valence electrons. The monoisotopic (exact) mass is 234 g/mol. The van der Waals surface area contributed by atoms with Crippen molar-refractivity contribution in [3.05, 3.63) is 0 Å². The summed E-state index contributed by atoms with van der Waals surface area (Å²) >= 11 is 0. The lowest BCUT2D eigenvalue weighted by Gasteiger charge is -2.25. The molecule has 0 spiro atoms. The second-order valence-electron chi connectivity index (χ2n) is 4.08. The van der Waals surface area contributed by atoms with E-state index in [1.54, 1.807) is 0 Å². The first-order valence-corrected chi connectivity index (χ1v) is 6.80. The van der Waals surface area contributed by atoms with E-state index in [-0.39, 0.29) is 24.2 Å². The molecule has 1 N–H and O–H groups in total. The van der Waals surface area contributed by atoms with Crippen molar-refractivity contribution in [2.75, 3.05) is 18.8 Å². The normalized spacial score (nSPS) is 21.5. The van der Waals surface area contributed by atoms with Crippen LogP contribution in [-0.2, 0) is 14.8 Å². The predicted octanol–water partition coefficient (Wildman–Crippen LogP) is -0.0634. The Bertz CT molecular complexity index is 324. The lowest BCUT2D eigenvalue weighted by Crippen LogP contribution is -2.45. The number of amides is 1. The lowest BCUT2D eigenvalue weighted by atomic mass is 10.3. The van der Waals surface area contributed by atoms with Gasteiger partial charge in [-0.05, 0) is 26.7 Å². The van der Waals surface area contributed by atoms with E-state index in [2.05, 4.69) is 5.32 Å². The smallest absolute Gasteiger partial charge is 0.235 e. The molecule has 0 aromatic rings. The highest BCUT2D eigenvalue weighted by Crippen LogP contribution is 2.12. The summed E-state index contributed by atoms with van der Waals surface area (Å²) in [5, 5.41) is 2.68. The Morgan fingerprint density at radius 3 is 2.60 bits per heavy atom. The number of carbonyl (C=O) groups is 1. The predicted molar refractivity (Wildman–Crippen MR) is 57.9 cm³/mol. The van der Waals surface area contributed by atoms with Crippen molar-refractivity contribution in [1.82, 2.24) is 9.62 Å². The second kappa shape index (κ2) is 4.94. The number of rotatable bonds is 3. The fourth-order valence-electron chi connectivity index (χ4n) is 1.55. The van der Waals surface area contributed by atoms with E-state index in [9.17, 15) is 13.2 Å². The minimum absolute atomic E-state index is 0.0412. The van der Waals surface area contributed by atoms with Gasteiger partial charge in [0, 0.05) is 12.6 Å². The average molecular weight is 234 g/mol. The SMILES string of the molecule is CC(C)NC(=O)CN1CCCCS1(=O)=O. The van der Waals surface area contributed by atoms with Crippen molar-refractivity contribution in [3.63, 3.8) is 0 Å². The van der Waals surface area contributed by atoms with Crippen molar-refractivity contribution in [1.29, 1.82) is 0 Å². The third-order valence-electron chi connectivity index (χ3n) is 2.22. The van der Waals surface area contributed by atoms with Crippen LogP contribution in [0.1, 0.15) is 26.7 Å². The highest BCUT2D eigenvalue weighted by Gasteiger charge is 2.27. The van der Waals surface area contributed by atoms with E-state index >= 15 is 0 Å². The Balaban J connectivity index is 2.53. The minimum atomic E-state index is -3.18. The summed E-state index contributed by atoms with van der Waals surface area (Å²) in [5.41, 5.74) is 0. The summed E-state index contributed by atoms with van der Waals surface area (Å²) in [6.07, 6.45) is 1.54. The first-order valence-electron chi connectivity index (χ1n) is 5.19. The van der Waals surface area contributed by atoms with Gasteiger partial charge in [0.2, 0.25) is 15.9 Å². The number of nitrogens with one attached hydrogen (secondary N) is 1. The second-order valence-corrected chi connectivity index (χ2v) is 6.17. The first kappa shape index (κ1) is 12.4. The molecule has 1 aliphatic rings. The topological polar surface area (TPSA) is 66.5 Å². The molecular weight excluding hydrogens is 216 g/mol. The average Bonchev–Trinajstić information content (AvgIpc) is 2.07. The molecule has 0 saturated carbocycles. The third kappa shape index (κ3) is 3.79. The van der Waals surface area contributed by atoms with E-state index in [0.29, 0.717) is 13.0 Å². The summed E-state index contributed by atoms with van der Waals surface area (Å²) in [5.74, 6) is -0.0578. The molecule has 1 fully saturated rings. The number of hydrogen-bond donors (Lipinski definition) is 1. The van der Waals surface area contributed by atoms with Crippen molar-refractivity contribution in [3.8, 4) is 0 Å². The number of nitrogens with zero attached hydrogens (tertiary/aromatic N) is 1. The summed E-state index contributed by atoms with van der Waals surface area (Å²) in [6.45, 7) is 4.12. The van der Waals surface area contributed by atoms with Gasteiger partial charge in [-0.25, -0.2) is 8.42 Å². The first-order chi connectivity index (χ1) is 6.92. The Kier molecular flexibility index (Phi) is 4.10. The lowest BCUT2D eigenvalue weighted by molar-refractivity contribution is -0.121. The Hall–Kier alpha value is -0.620. The van der Waals surface area contributed by atoms with Gasteiger partial charge in [0.1, 0.15) is 0 Å². The maximum Gasteiger partial charge on any atom is 0.235 e. The van der Waals surface area contributed by atoms with E-state index in [1.807, 2.05) is 13.8 Å². The van der Waals surface area contributed by atoms with E-state index < -0.39 is 10.0 Å². The molecular formula is C9H18N2O3S. The zero-order valence-corrected chi connectivity index (χ0v) is 10.0. The molecule has 0 aliphatic carbocycles. The van der Waals surface area contributed by atoms with Crippen LogP contribution in [0.15, 0.2) is 0 Å². The molecule has 0 unspecified atom stereocenters. The molecule has 0 atom stereocenters. The Labute approximate surface area is 90.9 Å². The van der Waals surface area contributed by atoms with Crippen LogP contribution >= 0.6 is 0 Å². The molecule has 1 aliphatic heterocycles. The van der Waals surface area contributed by atoms with E-state index in [4.69, 9.17) is 0 Å². The van der Waals surface area contributed by atoms with Crippen LogP contribution in [0, 0.1) is 0 Å². The molecule has 0 aromatic carbocycles. The molecule has 0 radical (unpaired) electrons. The molecule has 1 heterocycles. The van der Waals surface area contributed by atoms with Gasteiger partial charge in [-0.3, -0.25) is 4.79 Å². The van der Waals surface area contributed by atoms with Crippen LogP contribution in [0.2, 0.25) is 0 Å². The summed E-state index contributed by atoms with van der Waals surface area (Å²) in [6, 6.07) is 0.0463. The summed E-state index contributed by atoms with van der Waals surface area (Å²) in [7, 11) is -3.18. The Morgan fingerprint density at radius 2 is 2.07 bits per heavy atom. The zero-order valence-electron chi connectivity index (χ0n) is 9.19. The van der Waals surface area contributed by atoms with Gasteiger partial charge in [0.25, 0.3) is 0 Å². The van der Waals surface area contributed by atoms with Crippen molar-refractivity contribution < 1.29 is 13.2 Å². The van der Waals surface area contributed by atoms with E-state index in [0.717, 1.165) is 6.42 Å². The molecule has 6 heteroatoms. The van der Waals surface area contributed by atoms with Gasteiger partial charge >= 0.3 is 0 Å². The summed E-state index contributed by atoms with van der Waals surface area (Å²) < 4.78 is 24.4. The van der Waals surface area contributed by atoms with Crippen LogP contribution in [0.4, 0.5) is 0 Å². The molecule has 1 rings (SSSR count). The van der Waals surface area contributed by atoms with Crippen LogP contribution < -0.4 is 5.32 Å². The maximum absolute atomic E-state index is 11.5. The molecule has 5 nitrogen and oxygen atoms in total. The van der Waals surface area contributed by atoms with Gasteiger partial charge in [-0.2, -0.15) is 4.31 Å². The number of carbonyl (C=O) groups excluding carboxylic acids is 1. The molecule has 15 heavy (non-hydrogen) atoms. The maximum atomic E-state index is 11.5. The van der Waals surface area contributed by atoms with Gasteiger partial charge < -0.3 is 5.32 Å². The highest BCUT2D eigenvalue weighted by molar-refractivity contribution is 7.89. The number of hydrogen-bond acceptors (Lipinski definition) is 3. The fourth-order valence-corrected chi connectivity index (χ4v) is 3.09. The van der Waals surface area contributed by atoms with Crippen molar-refractivity contribution in [2.24, 2.45) is 0 Å². The summed E-state index contributed by atoms with van der Waals surface area (Å²) in [4.78, 5) is 11.4. The minimum Gasteiger partial charge on any atom is -0.353 e. The van der Waals surface area contributed by atoms with Gasteiger partial charge in [-0.1, -0.05) is 0 Å².